The van der Waals surface area contributed by atoms with E-state index in [1.165, 1.54) is 13.8 Å². The molecule has 1 amide bonds. The van der Waals surface area contributed by atoms with Gasteiger partial charge in [-0.25, -0.2) is 0 Å². The van der Waals surface area contributed by atoms with Gasteiger partial charge >= 0.3 is 0 Å². The van der Waals surface area contributed by atoms with Crippen LogP contribution in [-0.4, -0.2) is 35.8 Å². The van der Waals surface area contributed by atoms with Crippen LogP contribution in [0.1, 0.15) is 27.7 Å². The average Bonchev–Trinajstić information content (AvgIpc) is 2.02. The molecule has 0 spiro atoms. The first-order valence-electron chi connectivity index (χ1n) is 4.36. The molecule has 0 bridgehead atoms. The second-order valence-electron chi connectivity index (χ2n) is 3.30. The monoisotopic (exact) mass is 186 g/mol. The minimum atomic E-state index is -0.211. The van der Waals surface area contributed by atoms with Gasteiger partial charge in [0.25, 0.3) is 0 Å². The van der Waals surface area contributed by atoms with E-state index >= 15 is 0 Å². The quantitative estimate of drug-likeness (QED) is 0.646. The Balaban J connectivity index is 4.06. The normalized spacial score (nSPS) is 14.8. The Hall–Kier alpha value is -0.900. The Morgan fingerprint density at radius 3 is 2.00 bits per heavy atom. The Morgan fingerprint density at radius 1 is 1.23 bits per heavy atom. The van der Waals surface area contributed by atoms with Crippen molar-refractivity contribution in [1.82, 2.24) is 10.2 Å². The highest BCUT2D eigenvalue weighted by molar-refractivity contribution is 5.81. The van der Waals surface area contributed by atoms with Crippen molar-refractivity contribution in [3.8, 4) is 0 Å². The topological polar surface area (TPSA) is 49.4 Å². The molecule has 0 rings (SSSR count). The van der Waals surface area contributed by atoms with E-state index in [-0.39, 0.29) is 23.9 Å². The van der Waals surface area contributed by atoms with Gasteiger partial charge in [0.15, 0.2) is 0 Å². The minimum absolute atomic E-state index is 0.0178. The van der Waals surface area contributed by atoms with Crippen LogP contribution in [-0.2, 0) is 9.59 Å². The zero-order valence-corrected chi connectivity index (χ0v) is 8.92. The largest absolute Gasteiger partial charge is 0.331 e. The fourth-order valence-electron chi connectivity index (χ4n) is 0.864. The number of nitrogens with one attached hydrogen (secondary N) is 1. The summed E-state index contributed by atoms with van der Waals surface area (Å²) < 4.78 is 0. The van der Waals surface area contributed by atoms with E-state index < -0.39 is 0 Å². The van der Waals surface area contributed by atoms with Gasteiger partial charge in [-0.05, 0) is 20.8 Å². The predicted molar refractivity (Wildman–Crippen MR) is 51.2 cm³/mol. The van der Waals surface area contributed by atoms with Gasteiger partial charge in [-0.3, -0.25) is 14.9 Å². The van der Waals surface area contributed by atoms with Crippen LogP contribution in [0, 0.1) is 0 Å². The first kappa shape index (κ1) is 12.1. The van der Waals surface area contributed by atoms with Gasteiger partial charge in [-0.15, -0.1) is 0 Å². The number of carbonyl (C=O) groups is 2. The molecule has 0 aromatic carbocycles. The minimum Gasteiger partial charge on any atom is -0.331 e. The van der Waals surface area contributed by atoms with E-state index in [9.17, 15) is 9.59 Å². The summed E-state index contributed by atoms with van der Waals surface area (Å²) in [6.07, 6.45) is -0.114. The maximum atomic E-state index is 10.9. The van der Waals surface area contributed by atoms with Gasteiger partial charge in [0.2, 0.25) is 5.91 Å². The fourth-order valence-corrected chi connectivity index (χ4v) is 0.864. The lowest BCUT2D eigenvalue weighted by Gasteiger charge is -2.26. The van der Waals surface area contributed by atoms with E-state index in [1.807, 2.05) is 6.92 Å². The van der Waals surface area contributed by atoms with Gasteiger partial charge in [0, 0.05) is 14.0 Å². The summed E-state index contributed by atoms with van der Waals surface area (Å²) in [7, 11) is 1.70. The number of ketones is 1. The number of nitrogens with zero attached hydrogens (tertiary/aromatic N) is 1. The zero-order valence-electron chi connectivity index (χ0n) is 8.92. The molecule has 0 fully saturated rings. The highest BCUT2D eigenvalue weighted by atomic mass is 16.2. The van der Waals surface area contributed by atoms with Crippen molar-refractivity contribution in [2.75, 3.05) is 7.05 Å². The summed E-state index contributed by atoms with van der Waals surface area (Å²) in [5, 5.41) is 3.02. The summed E-state index contributed by atoms with van der Waals surface area (Å²) in [6, 6.07) is -0.211. The van der Waals surface area contributed by atoms with Crippen molar-refractivity contribution < 1.29 is 9.59 Å². The maximum absolute atomic E-state index is 10.9. The van der Waals surface area contributed by atoms with Crippen LogP contribution in [0.5, 0.6) is 0 Å². The molecule has 0 heterocycles. The van der Waals surface area contributed by atoms with Crippen molar-refractivity contribution in [2.45, 2.75) is 39.9 Å². The summed E-state index contributed by atoms with van der Waals surface area (Å²) in [5.41, 5.74) is 0. The van der Waals surface area contributed by atoms with E-state index in [1.54, 1.807) is 18.9 Å². The van der Waals surface area contributed by atoms with Gasteiger partial charge in [0.1, 0.15) is 5.78 Å². The Labute approximate surface area is 79.3 Å². The molecule has 2 unspecified atom stereocenters. The molecule has 0 saturated carbocycles. The van der Waals surface area contributed by atoms with Crippen molar-refractivity contribution in [3.63, 3.8) is 0 Å². The predicted octanol–water partition coefficient (Wildman–Crippen LogP) is 0.378. The van der Waals surface area contributed by atoms with Crippen LogP contribution in [0.4, 0.5) is 0 Å². The third-order valence-electron chi connectivity index (χ3n) is 2.18. The fraction of sp³-hybridized carbons (Fsp3) is 0.778. The van der Waals surface area contributed by atoms with Crippen molar-refractivity contribution in [1.29, 1.82) is 0 Å². The lowest BCUT2D eigenvalue weighted by atomic mass is 10.2. The Kier molecular flexibility index (Phi) is 4.62. The molecule has 0 aliphatic rings. The van der Waals surface area contributed by atoms with Crippen LogP contribution in [0.3, 0.4) is 0 Å². The van der Waals surface area contributed by atoms with E-state index in [2.05, 4.69) is 5.32 Å². The number of rotatable bonds is 4. The second kappa shape index (κ2) is 4.97. The number of hydrogen-bond donors (Lipinski definition) is 1. The molecule has 0 radical (unpaired) electrons. The van der Waals surface area contributed by atoms with Crippen LogP contribution < -0.4 is 5.32 Å². The molecule has 4 nitrogen and oxygen atoms in total. The molecule has 0 aromatic rings. The van der Waals surface area contributed by atoms with E-state index in [0.29, 0.717) is 0 Å². The number of carbonyl (C=O) groups excluding carboxylic acids is 2. The first-order valence-corrected chi connectivity index (χ1v) is 4.36. The lowest BCUT2D eigenvalue weighted by molar-refractivity contribution is -0.130. The molecule has 76 valence electrons. The van der Waals surface area contributed by atoms with Gasteiger partial charge in [0.05, 0.1) is 12.2 Å². The van der Waals surface area contributed by atoms with Crippen LogP contribution in [0.2, 0.25) is 0 Å². The smallest absolute Gasteiger partial charge is 0.220 e. The van der Waals surface area contributed by atoms with Crippen LogP contribution in [0.15, 0.2) is 0 Å². The average molecular weight is 186 g/mol. The number of hydrogen-bond acceptors (Lipinski definition) is 3. The standard InChI is InChI=1S/C9H18N2O2/c1-6(7(2)12)10-8(3)11(5)9(4)13/h6,8,10H,1-5H3. The molecule has 4 heteroatoms. The molecule has 0 aliphatic carbocycles. The highest BCUT2D eigenvalue weighted by Crippen LogP contribution is 1.94. The summed E-state index contributed by atoms with van der Waals surface area (Å²) in [6.45, 7) is 6.66. The summed E-state index contributed by atoms with van der Waals surface area (Å²) >= 11 is 0. The lowest BCUT2D eigenvalue weighted by Crippen LogP contribution is -2.49. The molecule has 0 aromatic heterocycles. The Morgan fingerprint density at radius 2 is 1.69 bits per heavy atom. The summed E-state index contributed by atoms with van der Waals surface area (Å²) in [5.74, 6) is 0.0551. The molecule has 0 aliphatic heterocycles. The molecular weight excluding hydrogens is 168 g/mol. The van der Waals surface area contributed by atoms with Crippen molar-refractivity contribution in [2.24, 2.45) is 0 Å². The molecule has 2 atom stereocenters. The molecule has 1 N–H and O–H groups in total. The highest BCUT2D eigenvalue weighted by Gasteiger charge is 2.15. The third kappa shape index (κ3) is 4.03. The number of Topliss-reactive ketones (excluding diaryl/α,β-unsaturated/α-hetero) is 1. The van der Waals surface area contributed by atoms with Crippen molar-refractivity contribution >= 4 is 11.7 Å². The third-order valence-corrected chi connectivity index (χ3v) is 2.18. The molecule has 13 heavy (non-hydrogen) atoms. The molecular formula is C9H18N2O2. The Bertz CT molecular complexity index is 204. The maximum Gasteiger partial charge on any atom is 0.220 e. The van der Waals surface area contributed by atoms with Crippen molar-refractivity contribution in [3.05, 3.63) is 0 Å². The van der Waals surface area contributed by atoms with Crippen LogP contribution >= 0.6 is 0 Å². The van der Waals surface area contributed by atoms with Crippen LogP contribution in [0.25, 0.3) is 0 Å². The summed E-state index contributed by atoms with van der Waals surface area (Å²) in [4.78, 5) is 23.4. The molecule has 0 saturated heterocycles. The zero-order chi connectivity index (χ0) is 10.6. The van der Waals surface area contributed by atoms with Gasteiger partial charge in [-0.2, -0.15) is 0 Å². The van der Waals surface area contributed by atoms with Gasteiger partial charge in [-0.1, -0.05) is 0 Å². The first-order chi connectivity index (χ1) is 5.86. The van der Waals surface area contributed by atoms with E-state index in [0.717, 1.165) is 0 Å². The number of amides is 1. The van der Waals surface area contributed by atoms with Gasteiger partial charge < -0.3 is 4.90 Å². The van der Waals surface area contributed by atoms with E-state index in [4.69, 9.17) is 0 Å². The SMILES string of the molecule is CC(=O)C(C)NC(C)N(C)C(C)=O. The second-order valence-corrected chi connectivity index (χ2v) is 3.30.